The first-order valence-electron chi connectivity index (χ1n) is 1.73. The minimum Gasteiger partial charge on any atom is -0.241 e. The van der Waals surface area contributed by atoms with Crippen LogP contribution in [-0.2, 0) is 0 Å². The van der Waals surface area contributed by atoms with Crippen LogP contribution in [0.15, 0.2) is 0 Å². The summed E-state index contributed by atoms with van der Waals surface area (Å²) in [5, 5.41) is 1.89. The summed E-state index contributed by atoms with van der Waals surface area (Å²) in [7, 11) is 3.91. The molecule has 6 heavy (non-hydrogen) atoms. The Morgan fingerprint density at radius 1 is 1.50 bits per heavy atom. The third-order valence-electron chi connectivity index (χ3n) is 0.274. The highest BCUT2D eigenvalue weighted by molar-refractivity contribution is 7.96. The second-order valence-electron chi connectivity index (χ2n) is 1.19. The van der Waals surface area contributed by atoms with Crippen LogP contribution in [0.4, 0.5) is 0 Å². The molecule has 0 aromatic rings. The molecule has 0 saturated carbocycles. The Hall–Kier alpha value is 0.270. The van der Waals surface area contributed by atoms with Crippen molar-refractivity contribution in [1.29, 1.82) is 0 Å². The SMILES string of the molecule is CSNN(C)C. The van der Waals surface area contributed by atoms with E-state index in [2.05, 4.69) is 4.83 Å². The van der Waals surface area contributed by atoms with Gasteiger partial charge in [-0.05, 0) is 6.26 Å². The van der Waals surface area contributed by atoms with E-state index in [4.69, 9.17) is 0 Å². The van der Waals surface area contributed by atoms with Gasteiger partial charge in [-0.1, -0.05) is 11.9 Å². The third kappa shape index (κ3) is 4.27. The van der Waals surface area contributed by atoms with Gasteiger partial charge in [0.25, 0.3) is 0 Å². The maximum atomic E-state index is 2.96. The van der Waals surface area contributed by atoms with Crippen LogP contribution < -0.4 is 4.83 Å². The normalized spacial score (nSPS) is 10.0. The van der Waals surface area contributed by atoms with Gasteiger partial charge in [-0.3, -0.25) is 0 Å². The Bertz CT molecular complexity index is 30.0. The predicted molar refractivity (Wildman–Crippen MR) is 30.3 cm³/mol. The predicted octanol–water partition coefficient (Wildman–Crippen LogP) is 0.331. The molecule has 0 aliphatic heterocycles. The Kier molecular flexibility index (Phi) is 3.62. The average molecular weight is 106 g/mol. The van der Waals surface area contributed by atoms with Crippen molar-refractivity contribution in [3.8, 4) is 0 Å². The molecule has 0 aromatic carbocycles. The van der Waals surface area contributed by atoms with Crippen molar-refractivity contribution in [2.75, 3.05) is 20.4 Å². The van der Waals surface area contributed by atoms with Crippen molar-refractivity contribution < 1.29 is 0 Å². The van der Waals surface area contributed by atoms with E-state index in [1.807, 2.05) is 25.4 Å². The highest BCUT2D eigenvalue weighted by Gasteiger charge is 1.76. The van der Waals surface area contributed by atoms with E-state index in [1.54, 1.807) is 11.9 Å². The van der Waals surface area contributed by atoms with Gasteiger partial charge < -0.3 is 0 Å². The first kappa shape index (κ1) is 6.27. The van der Waals surface area contributed by atoms with Gasteiger partial charge in [0.05, 0.1) is 0 Å². The first-order valence-corrected chi connectivity index (χ1v) is 2.96. The van der Waals surface area contributed by atoms with Gasteiger partial charge in [-0.15, -0.1) is 0 Å². The molecule has 0 saturated heterocycles. The number of nitrogens with one attached hydrogen (secondary N) is 1. The molecule has 0 aliphatic rings. The van der Waals surface area contributed by atoms with E-state index in [9.17, 15) is 0 Å². The number of hydrazine groups is 1. The van der Waals surface area contributed by atoms with Gasteiger partial charge in [0.2, 0.25) is 0 Å². The van der Waals surface area contributed by atoms with Crippen LogP contribution in [0, 0.1) is 0 Å². The molecule has 0 rings (SSSR count). The average Bonchev–Trinajstić information content (AvgIpc) is 1.35. The highest BCUT2D eigenvalue weighted by Crippen LogP contribution is 1.79. The van der Waals surface area contributed by atoms with Crippen molar-refractivity contribution in [2.24, 2.45) is 0 Å². The van der Waals surface area contributed by atoms with Crippen molar-refractivity contribution in [2.45, 2.75) is 0 Å². The van der Waals surface area contributed by atoms with Crippen LogP contribution in [0.2, 0.25) is 0 Å². The lowest BCUT2D eigenvalue weighted by atomic mass is 11.2. The zero-order valence-corrected chi connectivity index (χ0v) is 5.17. The largest absolute Gasteiger partial charge is 0.241 e. The van der Waals surface area contributed by atoms with E-state index in [1.165, 1.54) is 0 Å². The summed E-state index contributed by atoms with van der Waals surface area (Å²) in [5.74, 6) is 0. The molecule has 0 spiro atoms. The maximum Gasteiger partial charge on any atom is 0.00218 e. The molecule has 2 nitrogen and oxygen atoms in total. The van der Waals surface area contributed by atoms with Gasteiger partial charge in [0.15, 0.2) is 0 Å². The fraction of sp³-hybridized carbons (Fsp3) is 1.00. The summed E-state index contributed by atoms with van der Waals surface area (Å²) in [5.41, 5.74) is 0. The number of rotatable bonds is 2. The monoisotopic (exact) mass is 106 g/mol. The molecule has 0 fully saturated rings. The number of hydrogen-bond donors (Lipinski definition) is 1. The topological polar surface area (TPSA) is 15.3 Å². The molecule has 0 heterocycles. The molecule has 0 aromatic heterocycles. The Morgan fingerprint density at radius 2 is 2.00 bits per heavy atom. The van der Waals surface area contributed by atoms with Crippen LogP contribution in [0.1, 0.15) is 0 Å². The molecule has 0 aliphatic carbocycles. The lowest BCUT2D eigenvalue weighted by Crippen LogP contribution is -2.22. The standard InChI is InChI=1S/C3H10N2S/c1-5(2)4-6-3/h4H,1-3H3. The van der Waals surface area contributed by atoms with E-state index < -0.39 is 0 Å². The molecular weight excluding hydrogens is 96.1 g/mol. The van der Waals surface area contributed by atoms with Gasteiger partial charge >= 0.3 is 0 Å². The van der Waals surface area contributed by atoms with E-state index in [0.717, 1.165) is 0 Å². The van der Waals surface area contributed by atoms with Crippen molar-refractivity contribution >= 4 is 11.9 Å². The lowest BCUT2D eigenvalue weighted by molar-refractivity contribution is 0.386. The highest BCUT2D eigenvalue weighted by atomic mass is 32.2. The molecule has 1 N–H and O–H groups in total. The minimum absolute atomic E-state index is 1.59. The summed E-state index contributed by atoms with van der Waals surface area (Å²) < 4.78 is 0. The van der Waals surface area contributed by atoms with Crippen LogP contribution in [0.25, 0.3) is 0 Å². The summed E-state index contributed by atoms with van der Waals surface area (Å²) in [6.45, 7) is 0. The zero-order valence-electron chi connectivity index (χ0n) is 4.36. The summed E-state index contributed by atoms with van der Waals surface area (Å²) in [6.07, 6.45) is 1.99. The van der Waals surface area contributed by atoms with Crippen LogP contribution in [0.3, 0.4) is 0 Å². The molecule has 0 radical (unpaired) electrons. The van der Waals surface area contributed by atoms with Crippen LogP contribution in [0.5, 0.6) is 0 Å². The smallest absolute Gasteiger partial charge is 0.00218 e. The third-order valence-corrected chi connectivity index (χ3v) is 0.822. The van der Waals surface area contributed by atoms with Crippen molar-refractivity contribution in [3.63, 3.8) is 0 Å². The van der Waals surface area contributed by atoms with Crippen molar-refractivity contribution in [1.82, 2.24) is 9.84 Å². The van der Waals surface area contributed by atoms with E-state index >= 15 is 0 Å². The van der Waals surface area contributed by atoms with Gasteiger partial charge in [-0.25, -0.2) is 5.01 Å². The second-order valence-corrected chi connectivity index (χ2v) is 1.78. The zero-order chi connectivity index (χ0) is 4.99. The molecule has 0 amide bonds. The Labute approximate surface area is 43.0 Å². The Balaban J connectivity index is 2.63. The fourth-order valence-corrected chi connectivity index (χ4v) is 0.548. The van der Waals surface area contributed by atoms with Crippen LogP contribution >= 0.6 is 11.9 Å². The second kappa shape index (κ2) is 3.46. The Morgan fingerprint density at radius 3 is 2.00 bits per heavy atom. The number of hydrogen-bond acceptors (Lipinski definition) is 3. The van der Waals surface area contributed by atoms with Crippen molar-refractivity contribution in [3.05, 3.63) is 0 Å². The summed E-state index contributed by atoms with van der Waals surface area (Å²) in [4.78, 5) is 2.96. The van der Waals surface area contributed by atoms with Crippen LogP contribution in [-0.4, -0.2) is 25.4 Å². The summed E-state index contributed by atoms with van der Waals surface area (Å²) >= 11 is 1.59. The molecule has 3 heteroatoms. The van der Waals surface area contributed by atoms with E-state index in [0.29, 0.717) is 0 Å². The summed E-state index contributed by atoms with van der Waals surface area (Å²) in [6, 6.07) is 0. The van der Waals surface area contributed by atoms with Gasteiger partial charge in [0.1, 0.15) is 0 Å². The molecular formula is C3H10N2S. The molecule has 0 unspecified atom stereocenters. The fourth-order valence-electron chi connectivity index (χ4n) is 0.183. The van der Waals surface area contributed by atoms with Gasteiger partial charge in [0, 0.05) is 14.1 Å². The quantitative estimate of drug-likeness (QED) is 0.403. The molecule has 0 atom stereocenters. The minimum atomic E-state index is 1.59. The number of nitrogens with zero attached hydrogens (tertiary/aromatic N) is 1. The van der Waals surface area contributed by atoms with Gasteiger partial charge in [-0.2, -0.15) is 4.83 Å². The molecule has 38 valence electrons. The first-order chi connectivity index (χ1) is 2.77. The lowest BCUT2D eigenvalue weighted by Gasteiger charge is -2.05. The molecule has 0 bridgehead atoms. The maximum absolute atomic E-state index is 2.96. The van der Waals surface area contributed by atoms with E-state index in [-0.39, 0.29) is 0 Å².